The van der Waals surface area contributed by atoms with Crippen LogP contribution in [0.1, 0.15) is 33.2 Å². The molecule has 3 aromatic carbocycles. The summed E-state index contributed by atoms with van der Waals surface area (Å²) in [6.45, 7) is 0.550. The Kier molecular flexibility index (Phi) is 5.67. The Balaban J connectivity index is 1.52. The molecule has 0 bridgehead atoms. The second kappa shape index (κ2) is 8.94. The molecule has 1 aliphatic heterocycles. The summed E-state index contributed by atoms with van der Waals surface area (Å²) < 4.78 is 10.1. The lowest BCUT2D eigenvalue weighted by atomic mass is 9.92. The number of carbonyl (C=O) groups excluding carboxylic acids is 2. The van der Waals surface area contributed by atoms with Gasteiger partial charge in [0.15, 0.2) is 0 Å². The standard InChI is InChI=1S/C27H25N3O4/c1-33-20-12-10-17(11-13-20)25-24-22(21-8-3-4-9-23(21)29-24)14-15-30(25)27(32)28-19-7-5-6-18(16-19)26(31)34-2/h3-13,16,25,29H,14-15H2,1-2H3,(H,28,32)/t25-/m0/s1. The third-order valence-corrected chi connectivity index (χ3v) is 6.26. The Hall–Kier alpha value is -4.26. The molecule has 1 atom stereocenters. The minimum Gasteiger partial charge on any atom is -0.497 e. The molecule has 0 fully saturated rings. The van der Waals surface area contributed by atoms with E-state index in [2.05, 4.69) is 22.4 Å². The van der Waals surface area contributed by atoms with E-state index in [-0.39, 0.29) is 12.1 Å². The number of methoxy groups -OCH3 is 2. The Morgan fingerprint density at radius 3 is 2.56 bits per heavy atom. The molecule has 0 radical (unpaired) electrons. The number of para-hydroxylation sites is 1. The Morgan fingerprint density at radius 2 is 1.79 bits per heavy atom. The number of hydrogen-bond acceptors (Lipinski definition) is 4. The van der Waals surface area contributed by atoms with E-state index in [1.165, 1.54) is 18.1 Å². The summed E-state index contributed by atoms with van der Waals surface area (Å²) in [4.78, 5) is 30.8. The number of rotatable bonds is 4. The molecule has 0 saturated heterocycles. The lowest BCUT2D eigenvalue weighted by molar-refractivity contribution is 0.0600. The molecule has 7 heteroatoms. The minimum absolute atomic E-state index is 0.243. The lowest BCUT2D eigenvalue weighted by Crippen LogP contribution is -2.43. The fraction of sp³-hybridized carbons (Fsp3) is 0.185. The largest absolute Gasteiger partial charge is 0.497 e. The number of ether oxygens (including phenoxy) is 2. The molecule has 0 saturated carbocycles. The summed E-state index contributed by atoms with van der Waals surface area (Å²) in [7, 11) is 2.96. The van der Waals surface area contributed by atoms with Crippen LogP contribution in [0.4, 0.5) is 10.5 Å². The number of nitrogens with zero attached hydrogens (tertiary/aromatic N) is 1. The number of H-pyrrole nitrogens is 1. The van der Waals surface area contributed by atoms with E-state index in [0.29, 0.717) is 17.8 Å². The summed E-state index contributed by atoms with van der Waals surface area (Å²) in [5, 5.41) is 4.14. The summed E-state index contributed by atoms with van der Waals surface area (Å²) >= 11 is 0. The molecule has 1 aliphatic rings. The SMILES string of the molecule is COC(=O)c1cccc(NC(=O)N2CCc3c([nH]c4ccccc34)[C@@H]2c2ccc(OC)cc2)c1. The fourth-order valence-electron chi connectivity index (χ4n) is 4.63. The first-order valence-electron chi connectivity index (χ1n) is 11.1. The van der Waals surface area contributed by atoms with Gasteiger partial charge in [-0.1, -0.05) is 36.4 Å². The van der Waals surface area contributed by atoms with Gasteiger partial charge >= 0.3 is 12.0 Å². The van der Waals surface area contributed by atoms with Crippen molar-refractivity contribution in [2.75, 3.05) is 26.1 Å². The molecule has 0 spiro atoms. The normalized spacial score (nSPS) is 15.0. The predicted molar refractivity (Wildman–Crippen MR) is 130 cm³/mol. The van der Waals surface area contributed by atoms with Gasteiger partial charge in [-0.05, 0) is 53.9 Å². The molecular weight excluding hydrogens is 430 g/mol. The van der Waals surface area contributed by atoms with E-state index >= 15 is 0 Å². The van der Waals surface area contributed by atoms with Gasteiger partial charge in [-0.3, -0.25) is 0 Å². The van der Waals surface area contributed by atoms with Crippen molar-refractivity contribution in [2.24, 2.45) is 0 Å². The fourth-order valence-corrected chi connectivity index (χ4v) is 4.63. The molecule has 4 aromatic rings. The molecule has 172 valence electrons. The van der Waals surface area contributed by atoms with Gasteiger partial charge in [0.25, 0.3) is 0 Å². The number of benzene rings is 3. The van der Waals surface area contributed by atoms with Crippen LogP contribution in [0.25, 0.3) is 10.9 Å². The topological polar surface area (TPSA) is 83.7 Å². The molecule has 2 N–H and O–H groups in total. The van der Waals surface area contributed by atoms with Crippen molar-refractivity contribution >= 4 is 28.6 Å². The summed E-state index contributed by atoms with van der Waals surface area (Å²) in [5.74, 6) is 0.306. The lowest BCUT2D eigenvalue weighted by Gasteiger charge is -2.36. The molecule has 2 amide bonds. The zero-order chi connectivity index (χ0) is 23.7. The van der Waals surface area contributed by atoms with Crippen molar-refractivity contribution in [3.63, 3.8) is 0 Å². The van der Waals surface area contributed by atoms with Gasteiger partial charge in [0, 0.05) is 28.8 Å². The van der Waals surface area contributed by atoms with Crippen LogP contribution >= 0.6 is 0 Å². The second-order valence-electron chi connectivity index (χ2n) is 8.18. The van der Waals surface area contributed by atoms with Gasteiger partial charge in [0.2, 0.25) is 0 Å². The maximum atomic E-state index is 13.5. The van der Waals surface area contributed by atoms with E-state index in [4.69, 9.17) is 9.47 Å². The average molecular weight is 456 g/mol. The Morgan fingerprint density at radius 1 is 1.00 bits per heavy atom. The van der Waals surface area contributed by atoms with Crippen molar-refractivity contribution in [2.45, 2.75) is 12.5 Å². The van der Waals surface area contributed by atoms with E-state index in [0.717, 1.165) is 28.9 Å². The number of hydrogen-bond donors (Lipinski definition) is 2. The summed E-state index contributed by atoms with van der Waals surface area (Å²) in [6, 6.07) is 22.2. The van der Waals surface area contributed by atoms with Crippen molar-refractivity contribution in [3.8, 4) is 5.75 Å². The monoisotopic (exact) mass is 455 g/mol. The van der Waals surface area contributed by atoms with Crippen LogP contribution in [0.5, 0.6) is 5.75 Å². The third-order valence-electron chi connectivity index (χ3n) is 6.26. The highest BCUT2D eigenvalue weighted by molar-refractivity contribution is 5.94. The maximum Gasteiger partial charge on any atom is 0.337 e. The highest BCUT2D eigenvalue weighted by Crippen LogP contribution is 2.39. The van der Waals surface area contributed by atoms with Crippen LogP contribution in [0.15, 0.2) is 72.8 Å². The third kappa shape index (κ3) is 3.85. The second-order valence-corrected chi connectivity index (χ2v) is 8.18. The highest BCUT2D eigenvalue weighted by Gasteiger charge is 2.34. The van der Waals surface area contributed by atoms with Crippen LogP contribution in [0.2, 0.25) is 0 Å². The van der Waals surface area contributed by atoms with Crippen LogP contribution < -0.4 is 10.1 Å². The predicted octanol–water partition coefficient (Wildman–Crippen LogP) is 5.14. The molecule has 2 heterocycles. The van der Waals surface area contributed by atoms with Gasteiger partial charge in [-0.2, -0.15) is 0 Å². The van der Waals surface area contributed by atoms with Gasteiger partial charge in [0.1, 0.15) is 5.75 Å². The van der Waals surface area contributed by atoms with Crippen LogP contribution in [-0.2, 0) is 11.2 Å². The zero-order valence-electron chi connectivity index (χ0n) is 19.0. The number of anilines is 1. The average Bonchev–Trinajstić information content (AvgIpc) is 3.26. The van der Waals surface area contributed by atoms with E-state index in [1.54, 1.807) is 31.4 Å². The Bertz CT molecular complexity index is 1360. The minimum atomic E-state index is -0.451. The van der Waals surface area contributed by atoms with Crippen LogP contribution in [-0.4, -0.2) is 42.6 Å². The number of carbonyl (C=O) groups is 2. The van der Waals surface area contributed by atoms with E-state index in [9.17, 15) is 9.59 Å². The number of nitrogens with one attached hydrogen (secondary N) is 2. The van der Waals surface area contributed by atoms with Crippen molar-refractivity contribution in [1.29, 1.82) is 0 Å². The first kappa shape index (κ1) is 21.6. The van der Waals surface area contributed by atoms with E-state index < -0.39 is 5.97 Å². The molecule has 34 heavy (non-hydrogen) atoms. The Labute approximate surface area is 197 Å². The highest BCUT2D eigenvalue weighted by atomic mass is 16.5. The number of urea groups is 1. The van der Waals surface area contributed by atoms with Gasteiger partial charge in [-0.15, -0.1) is 0 Å². The number of aromatic amines is 1. The summed E-state index contributed by atoms with van der Waals surface area (Å²) in [6.07, 6.45) is 0.738. The number of esters is 1. The number of aromatic nitrogens is 1. The zero-order valence-corrected chi connectivity index (χ0v) is 19.0. The van der Waals surface area contributed by atoms with E-state index in [1.807, 2.05) is 41.3 Å². The van der Waals surface area contributed by atoms with Crippen molar-refractivity contribution in [1.82, 2.24) is 9.88 Å². The molecular formula is C27H25N3O4. The van der Waals surface area contributed by atoms with Gasteiger partial charge < -0.3 is 24.7 Å². The summed E-state index contributed by atoms with van der Waals surface area (Å²) in [5.41, 5.74) is 5.18. The first-order chi connectivity index (χ1) is 16.6. The molecule has 0 unspecified atom stereocenters. The first-order valence-corrected chi connectivity index (χ1v) is 11.1. The molecule has 7 nitrogen and oxygen atoms in total. The molecule has 0 aliphatic carbocycles. The van der Waals surface area contributed by atoms with Crippen molar-refractivity contribution in [3.05, 3.63) is 95.2 Å². The smallest absolute Gasteiger partial charge is 0.337 e. The van der Waals surface area contributed by atoms with Gasteiger partial charge in [0.05, 0.1) is 25.8 Å². The molecule has 1 aromatic heterocycles. The quantitative estimate of drug-likeness (QED) is 0.417. The van der Waals surface area contributed by atoms with Crippen LogP contribution in [0.3, 0.4) is 0 Å². The van der Waals surface area contributed by atoms with Gasteiger partial charge in [-0.25, -0.2) is 9.59 Å². The maximum absolute atomic E-state index is 13.5. The van der Waals surface area contributed by atoms with Crippen LogP contribution in [0, 0.1) is 0 Å². The van der Waals surface area contributed by atoms with Crippen molar-refractivity contribution < 1.29 is 19.1 Å². The number of amides is 2. The molecule has 5 rings (SSSR count). The number of fused-ring (bicyclic) bond motifs is 3.